The molecule has 0 saturated carbocycles. The molecule has 1 saturated heterocycles. The Morgan fingerprint density at radius 1 is 1.10 bits per heavy atom. The van der Waals surface area contributed by atoms with Gasteiger partial charge in [-0.05, 0) is 42.8 Å². The van der Waals surface area contributed by atoms with Gasteiger partial charge in [0, 0.05) is 48.3 Å². The predicted molar refractivity (Wildman–Crippen MR) is 120 cm³/mol. The highest BCUT2D eigenvalue weighted by Crippen LogP contribution is 2.29. The Bertz CT molecular complexity index is 979. The maximum atomic E-state index is 6.09. The fraction of sp³-hybridized carbons (Fsp3) is 0.318. The highest BCUT2D eigenvalue weighted by Gasteiger charge is 2.22. The molecule has 1 aromatic carbocycles. The minimum atomic E-state index is 0.512. The van der Waals surface area contributed by atoms with Gasteiger partial charge in [0.1, 0.15) is 0 Å². The summed E-state index contributed by atoms with van der Waals surface area (Å²) in [4.78, 5) is 13.8. The van der Waals surface area contributed by atoms with Crippen LogP contribution in [-0.4, -0.2) is 52.8 Å². The van der Waals surface area contributed by atoms with Gasteiger partial charge in [-0.15, -0.1) is 0 Å². The number of hydrogen-bond donors (Lipinski definition) is 1. The summed E-state index contributed by atoms with van der Waals surface area (Å²) in [7, 11) is 0. The number of halogens is 1. The number of aromatic nitrogens is 3. The molecule has 0 aliphatic carbocycles. The fourth-order valence-corrected chi connectivity index (χ4v) is 3.65. The van der Waals surface area contributed by atoms with E-state index in [0.717, 1.165) is 62.0 Å². The standard InChI is InChI=1S/C22H25ClN6O/c1-2-11-29(28-12-14-30-15-13-28)21-19(7-4-9-24-21)20-8-10-25-22(27-20)26-18-6-3-5-17(23)16-18/h3-10,16H,2,11-15H2,1H3,(H,25,26,27). The summed E-state index contributed by atoms with van der Waals surface area (Å²) in [5.74, 6) is 1.41. The van der Waals surface area contributed by atoms with Crippen LogP contribution in [0.3, 0.4) is 0 Å². The number of nitrogens with one attached hydrogen (secondary N) is 1. The first-order valence-corrected chi connectivity index (χ1v) is 10.5. The topological polar surface area (TPSA) is 66.4 Å². The average Bonchev–Trinajstić information content (AvgIpc) is 2.78. The molecule has 30 heavy (non-hydrogen) atoms. The molecule has 0 spiro atoms. The summed E-state index contributed by atoms with van der Waals surface area (Å²) in [5.41, 5.74) is 2.62. The second kappa shape index (κ2) is 9.84. The molecule has 0 atom stereocenters. The maximum Gasteiger partial charge on any atom is 0.227 e. The number of rotatable bonds is 7. The third-order valence-corrected chi connectivity index (χ3v) is 5.04. The number of morpholine rings is 1. The van der Waals surface area contributed by atoms with E-state index in [9.17, 15) is 0 Å². The quantitative estimate of drug-likeness (QED) is 0.602. The Kier molecular flexibility index (Phi) is 6.74. The van der Waals surface area contributed by atoms with Crippen LogP contribution in [0.1, 0.15) is 13.3 Å². The van der Waals surface area contributed by atoms with Gasteiger partial charge in [0.15, 0.2) is 5.82 Å². The Labute approximate surface area is 181 Å². The van der Waals surface area contributed by atoms with Crippen molar-refractivity contribution in [3.8, 4) is 11.3 Å². The molecule has 156 valence electrons. The lowest BCUT2D eigenvalue weighted by Crippen LogP contribution is -2.49. The molecule has 0 amide bonds. The number of pyridine rings is 1. The molecule has 8 heteroatoms. The first-order valence-electron chi connectivity index (χ1n) is 10.2. The first kappa shape index (κ1) is 20.5. The van der Waals surface area contributed by atoms with E-state index in [0.29, 0.717) is 11.0 Å². The molecule has 1 N–H and O–H groups in total. The van der Waals surface area contributed by atoms with Crippen molar-refractivity contribution < 1.29 is 4.74 Å². The zero-order valence-electron chi connectivity index (χ0n) is 17.0. The summed E-state index contributed by atoms with van der Waals surface area (Å²) in [6.45, 7) is 6.20. The van der Waals surface area contributed by atoms with Crippen molar-refractivity contribution in [2.45, 2.75) is 13.3 Å². The molecule has 0 radical (unpaired) electrons. The number of nitrogens with zero attached hydrogens (tertiary/aromatic N) is 5. The van der Waals surface area contributed by atoms with Gasteiger partial charge in [0.05, 0.1) is 18.9 Å². The van der Waals surface area contributed by atoms with Crippen LogP contribution in [0.5, 0.6) is 0 Å². The molecular weight excluding hydrogens is 400 g/mol. The predicted octanol–water partition coefficient (Wildman–Crippen LogP) is 4.40. The van der Waals surface area contributed by atoms with Crippen molar-refractivity contribution in [1.82, 2.24) is 20.0 Å². The zero-order chi connectivity index (χ0) is 20.8. The second-order valence-corrected chi connectivity index (χ2v) is 7.40. The highest BCUT2D eigenvalue weighted by molar-refractivity contribution is 6.30. The Hall–Kier alpha value is -2.74. The van der Waals surface area contributed by atoms with Gasteiger partial charge in [0.25, 0.3) is 0 Å². The molecule has 1 fully saturated rings. The van der Waals surface area contributed by atoms with E-state index in [2.05, 4.69) is 33.3 Å². The van der Waals surface area contributed by atoms with Crippen LogP contribution in [0, 0.1) is 0 Å². The highest BCUT2D eigenvalue weighted by atomic mass is 35.5. The molecule has 3 heterocycles. The van der Waals surface area contributed by atoms with Crippen LogP contribution in [0.25, 0.3) is 11.3 Å². The van der Waals surface area contributed by atoms with Crippen LogP contribution in [-0.2, 0) is 4.74 Å². The van der Waals surface area contributed by atoms with Gasteiger partial charge < -0.3 is 10.1 Å². The van der Waals surface area contributed by atoms with Crippen LogP contribution in [0.15, 0.2) is 54.9 Å². The number of hydrazine groups is 1. The number of ether oxygens (including phenoxy) is 1. The van der Waals surface area contributed by atoms with Gasteiger partial charge >= 0.3 is 0 Å². The van der Waals surface area contributed by atoms with Gasteiger partial charge in [-0.3, -0.25) is 5.01 Å². The molecule has 4 rings (SSSR count). The summed E-state index contributed by atoms with van der Waals surface area (Å²) in [6.07, 6.45) is 4.60. The normalized spacial score (nSPS) is 14.5. The summed E-state index contributed by atoms with van der Waals surface area (Å²) >= 11 is 6.09. The lowest BCUT2D eigenvalue weighted by Gasteiger charge is -2.38. The summed E-state index contributed by atoms with van der Waals surface area (Å²) in [5, 5.41) is 8.45. The number of benzene rings is 1. The lowest BCUT2D eigenvalue weighted by molar-refractivity contribution is 0.0313. The van der Waals surface area contributed by atoms with E-state index in [1.807, 2.05) is 42.6 Å². The van der Waals surface area contributed by atoms with Crippen molar-refractivity contribution >= 4 is 29.1 Å². The first-order chi connectivity index (χ1) is 14.7. The van der Waals surface area contributed by atoms with Gasteiger partial charge in [-0.25, -0.2) is 20.0 Å². The molecule has 2 aromatic heterocycles. The molecule has 3 aromatic rings. The van der Waals surface area contributed by atoms with Crippen molar-refractivity contribution in [2.75, 3.05) is 43.2 Å². The van der Waals surface area contributed by atoms with Crippen molar-refractivity contribution in [2.24, 2.45) is 0 Å². The monoisotopic (exact) mass is 424 g/mol. The van der Waals surface area contributed by atoms with Crippen LogP contribution in [0.2, 0.25) is 5.02 Å². The Morgan fingerprint density at radius 2 is 1.97 bits per heavy atom. The molecular formula is C22H25ClN6O. The van der Waals surface area contributed by atoms with E-state index in [1.54, 1.807) is 6.20 Å². The molecule has 7 nitrogen and oxygen atoms in total. The second-order valence-electron chi connectivity index (χ2n) is 6.96. The average molecular weight is 425 g/mol. The number of anilines is 3. The molecule has 0 bridgehead atoms. The van der Waals surface area contributed by atoms with E-state index in [4.69, 9.17) is 26.3 Å². The van der Waals surface area contributed by atoms with Crippen LogP contribution < -0.4 is 10.3 Å². The third kappa shape index (κ3) is 4.87. The maximum absolute atomic E-state index is 6.09. The molecule has 1 aliphatic heterocycles. The lowest BCUT2D eigenvalue weighted by atomic mass is 10.1. The summed E-state index contributed by atoms with van der Waals surface area (Å²) < 4.78 is 5.53. The SMILES string of the molecule is CCCN(c1ncccc1-c1ccnc(Nc2cccc(Cl)c2)n1)N1CCOCC1. The van der Waals surface area contributed by atoms with Gasteiger partial charge in [-0.1, -0.05) is 24.6 Å². The largest absolute Gasteiger partial charge is 0.379 e. The van der Waals surface area contributed by atoms with Gasteiger partial charge in [0.2, 0.25) is 5.95 Å². The van der Waals surface area contributed by atoms with E-state index in [-0.39, 0.29) is 0 Å². The minimum Gasteiger partial charge on any atom is -0.379 e. The minimum absolute atomic E-state index is 0.512. The van der Waals surface area contributed by atoms with Gasteiger partial charge in [-0.2, -0.15) is 0 Å². The molecule has 0 unspecified atom stereocenters. The zero-order valence-corrected chi connectivity index (χ0v) is 17.7. The Morgan fingerprint density at radius 3 is 2.77 bits per heavy atom. The molecule has 1 aliphatic rings. The smallest absolute Gasteiger partial charge is 0.227 e. The van der Waals surface area contributed by atoms with E-state index < -0.39 is 0 Å². The fourth-order valence-electron chi connectivity index (χ4n) is 3.46. The Balaban J connectivity index is 1.66. The van der Waals surface area contributed by atoms with E-state index >= 15 is 0 Å². The third-order valence-electron chi connectivity index (χ3n) is 4.81. The summed E-state index contributed by atoms with van der Waals surface area (Å²) in [6, 6.07) is 13.4. The van der Waals surface area contributed by atoms with Crippen molar-refractivity contribution in [1.29, 1.82) is 0 Å². The van der Waals surface area contributed by atoms with Crippen molar-refractivity contribution in [3.05, 3.63) is 59.9 Å². The van der Waals surface area contributed by atoms with Crippen molar-refractivity contribution in [3.63, 3.8) is 0 Å². The van der Waals surface area contributed by atoms with E-state index in [1.165, 1.54) is 0 Å². The van der Waals surface area contributed by atoms with Crippen LogP contribution >= 0.6 is 11.6 Å². The number of hydrogen-bond acceptors (Lipinski definition) is 7. The van der Waals surface area contributed by atoms with Crippen LogP contribution in [0.4, 0.5) is 17.5 Å².